The van der Waals surface area contributed by atoms with Crippen LogP contribution >= 0.6 is 0 Å². The minimum Gasteiger partial charge on any atom is -0.337 e. The first kappa shape index (κ1) is 10.1. The Kier molecular flexibility index (Phi) is 2.04. The number of imidazole rings is 1. The molecule has 17 heavy (non-hydrogen) atoms. The van der Waals surface area contributed by atoms with Crippen LogP contribution < -0.4 is 0 Å². The SMILES string of the molecule is Cc1cc(-c2nc3c(C)cccc3[nH]2)n(C)n1. The van der Waals surface area contributed by atoms with E-state index >= 15 is 0 Å². The van der Waals surface area contributed by atoms with E-state index in [1.807, 2.05) is 36.9 Å². The number of fused-ring (bicyclic) bond motifs is 1. The van der Waals surface area contributed by atoms with Crippen molar-refractivity contribution in [3.63, 3.8) is 0 Å². The quantitative estimate of drug-likeness (QED) is 0.693. The zero-order valence-electron chi connectivity index (χ0n) is 10.2. The number of H-pyrrole nitrogens is 1. The van der Waals surface area contributed by atoms with E-state index in [4.69, 9.17) is 0 Å². The molecule has 2 heterocycles. The van der Waals surface area contributed by atoms with Gasteiger partial charge in [-0.15, -0.1) is 0 Å². The van der Waals surface area contributed by atoms with Crippen LogP contribution in [0.25, 0.3) is 22.6 Å². The predicted octanol–water partition coefficient (Wildman–Crippen LogP) is 2.58. The summed E-state index contributed by atoms with van der Waals surface area (Å²) < 4.78 is 1.85. The average Bonchev–Trinajstić information content (AvgIpc) is 2.82. The first-order valence-electron chi connectivity index (χ1n) is 5.61. The van der Waals surface area contributed by atoms with Gasteiger partial charge in [-0.05, 0) is 31.5 Å². The number of para-hydroxylation sites is 1. The Bertz CT molecular complexity index is 691. The Labute approximate surface area is 99.3 Å². The largest absolute Gasteiger partial charge is 0.337 e. The van der Waals surface area contributed by atoms with Crippen LogP contribution in [-0.2, 0) is 7.05 Å². The van der Waals surface area contributed by atoms with Crippen molar-refractivity contribution in [3.8, 4) is 11.5 Å². The second-order valence-corrected chi connectivity index (χ2v) is 4.35. The van der Waals surface area contributed by atoms with Gasteiger partial charge in [-0.3, -0.25) is 4.68 Å². The number of benzene rings is 1. The zero-order valence-corrected chi connectivity index (χ0v) is 10.2. The summed E-state index contributed by atoms with van der Waals surface area (Å²) in [6, 6.07) is 8.19. The maximum absolute atomic E-state index is 4.64. The summed E-state index contributed by atoms with van der Waals surface area (Å²) in [6.45, 7) is 4.05. The van der Waals surface area contributed by atoms with E-state index in [0.717, 1.165) is 28.2 Å². The Hall–Kier alpha value is -2.10. The highest BCUT2D eigenvalue weighted by molar-refractivity contribution is 5.81. The minimum absolute atomic E-state index is 0.873. The lowest BCUT2D eigenvalue weighted by molar-refractivity contribution is 0.760. The highest BCUT2D eigenvalue weighted by Gasteiger charge is 2.10. The lowest BCUT2D eigenvalue weighted by atomic mass is 10.2. The summed E-state index contributed by atoms with van der Waals surface area (Å²) in [5, 5.41) is 4.34. The smallest absolute Gasteiger partial charge is 0.156 e. The van der Waals surface area contributed by atoms with Gasteiger partial charge in [-0.1, -0.05) is 12.1 Å². The van der Waals surface area contributed by atoms with Crippen molar-refractivity contribution < 1.29 is 0 Å². The van der Waals surface area contributed by atoms with Crippen LogP contribution in [0.2, 0.25) is 0 Å². The number of aromatic amines is 1. The van der Waals surface area contributed by atoms with Crippen LogP contribution in [0.15, 0.2) is 24.3 Å². The first-order valence-corrected chi connectivity index (χ1v) is 5.61. The maximum atomic E-state index is 4.64. The van der Waals surface area contributed by atoms with Crippen molar-refractivity contribution in [3.05, 3.63) is 35.5 Å². The lowest BCUT2D eigenvalue weighted by Crippen LogP contribution is -1.94. The zero-order chi connectivity index (χ0) is 12.0. The molecule has 0 aliphatic carbocycles. The average molecular weight is 226 g/mol. The van der Waals surface area contributed by atoms with Crippen LogP contribution in [0, 0.1) is 13.8 Å². The van der Waals surface area contributed by atoms with Gasteiger partial charge in [-0.2, -0.15) is 5.10 Å². The number of aromatic nitrogens is 4. The molecule has 1 aromatic carbocycles. The number of hydrogen-bond donors (Lipinski definition) is 1. The standard InChI is InChI=1S/C13H14N4/c1-8-5-4-6-10-12(8)15-13(14-10)11-7-9(2)16-17(11)3/h4-7H,1-3H3,(H,14,15). The van der Waals surface area contributed by atoms with E-state index in [-0.39, 0.29) is 0 Å². The summed E-state index contributed by atoms with van der Waals surface area (Å²) >= 11 is 0. The molecule has 0 aliphatic heterocycles. The van der Waals surface area contributed by atoms with Crippen molar-refractivity contribution in [2.45, 2.75) is 13.8 Å². The molecule has 4 nitrogen and oxygen atoms in total. The monoisotopic (exact) mass is 226 g/mol. The molecule has 0 aliphatic rings. The van der Waals surface area contributed by atoms with Crippen molar-refractivity contribution >= 4 is 11.0 Å². The van der Waals surface area contributed by atoms with Crippen molar-refractivity contribution in [1.29, 1.82) is 0 Å². The van der Waals surface area contributed by atoms with E-state index in [0.29, 0.717) is 0 Å². The number of aryl methyl sites for hydroxylation is 3. The second kappa shape index (κ2) is 3.45. The molecule has 0 saturated carbocycles. The predicted molar refractivity (Wildman–Crippen MR) is 67.8 cm³/mol. The van der Waals surface area contributed by atoms with Crippen molar-refractivity contribution in [1.82, 2.24) is 19.7 Å². The molecule has 0 fully saturated rings. The van der Waals surface area contributed by atoms with Crippen LogP contribution in [0.3, 0.4) is 0 Å². The molecule has 0 saturated heterocycles. The normalized spacial score (nSPS) is 11.2. The number of hydrogen-bond acceptors (Lipinski definition) is 2. The van der Waals surface area contributed by atoms with E-state index in [9.17, 15) is 0 Å². The van der Waals surface area contributed by atoms with Crippen LogP contribution in [-0.4, -0.2) is 19.7 Å². The molecule has 0 radical (unpaired) electrons. The fourth-order valence-electron chi connectivity index (χ4n) is 2.13. The molecule has 0 unspecified atom stereocenters. The maximum Gasteiger partial charge on any atom is 0.156 e. The summed E-state index contributed by atoms with van der Waals surface area (Å²) in [4.78, 5) is 7.98. The van der Waals surface area contributed by atoms with E-state index in [2.05, 4.69) is 28.1 Å². The fourth-order valence-corrected chi connectivity index (χ4v) is 2.13. The highest BCUT2D eigenvalue weighted by atomic mass is 15.3. The third-order valence-corrected chi connectivity index (χ3v) is 2.96. The molecule has 0 atom stereocenters. The van der Waals surface area contributed by atoms with Gasteiger partial charge < -0.3 is 4.98 Å². The second-order valence-electron chi connectivity index (χ2n) is 4.35. The van der Waals surface area contributed by atoms with Gasteiger partial charge in [0.1, 0.15) is 5.69 Å². The summed E-state index contributed by atoms with van der Waals surface area (Å²) in [7, 11) is 1.93. The fraction of sp³-hybridized carbons (Fsp3) is 0.231. The van der Waals surface area contributed by atoms with Crippen molar-refractivity contribution in [2.24, 2.45) is 7.05 Å². The van der Waals surface area contributed by atoms with Gasteiger partial charge >= 0.3 is 0 Å². The van der Waals surface area contributed by atoms with Gasteiger partial charge in [0.15, 0.2) is 5.82 Å². The molecular formula is C13H14N4. The molecule has 4 heteroatoms. The van der Waals surface area contributed by atoms with Gasteiger partial charge in [-0.25, -0.2) is 4.98 Å². The van der Waals surface area contributed by atoms with E-state index in [1.165, 1.54) is 5.56 Å². The molecule has 1 N–H and O–H groups in total. The Morgan fingerprint density at radius 3 is 2.71 bits per heavy atom. The van der Waals surface area contributed by atoms with Gasteiger partial charge in [0, 0.05) is 7.05 Å². The topological polar surface area (TPSA) is 46.5 Å². The highest BCUT2D eigenvalue weighted by Crippen LogP contribution is 2.22. The van der Waals surface area contributed by atoms with Crippen LogP contribution in [0.4, 0.5) is 0 Å². The molecule has 86 valence electrons. The third kappa shape index (κ3) is 1.53. The summed E-state index contributed by atoms with van der Waals surface area (Å²) in [6.07, 6.45) is 0. The third-order valence-electron chi connectivity index (χ3n) is 2.96. The number of nitrogens with zero attached hydrogens (tertiary/aromatic N) is 3. The minimum atomic E-state index is 0.873. The molecule has 0 amide bonds. The van der Waals surface area contributed by atoms with Crippen molar-refractivity contribution in [2.75, 3.05) is 0 Å². The van der Waals surface area contributed by atoms with Gasteiger partial charge in [0.2, 0.25) is 0 Å². The first-order chi connectivity index (χ1) is 8.15. The van der Waals surface area contributed by atoms with E-state index in [1.54, 1.807) is 0 Å². The van der Waals surface area contributed by atoms with Gasteiger partial charge in [0.25, 0.3) is 0 Å². The Morgan fingerprint density at radius 1 is 1.24 bits per heavy atom. The molecular weight excluding hydrogens is 212 g/mol. The summed E-state index contributed by atoms with van der Waals surface area (Å²) in [5.74, 6) is 0.873. The molecule has 0 bridgehead atoms. The number of rotatable bonds is 1. The molecule has 2 aromatic heterocycles. The molecule has 0 spiro atoms. The Balaban J connectivity index is 2.25. The van der Waals surface area contributed by atoms with Crippen LogP contribution in [0.5, 0.6) is 0 Å². The lowest BCUT2D eigenvalue weighted by Gasteiger charge is -1.95. The molecule has 3 rings (SSSR count). The number of nitrogens with one attached hydrogen (secondary N) is 1. The van der Waals surface area contributed by atoms with Gasteiger partial charge in [0.05, 0.1) is 16.7 Å². The Morgan fingerprint density at radius 2 is 2.06 bits per heavy atom. The van der Waals surface area contributed by atoms with Crippen LogP contribution in [0.1, 0.15) is 11.3 Å². The van der Waals surface area contributed by atoms with E-state index < -0.39 is 0 Å². The molecule has 3 aromatic rings. The summed E-state index contributed by atoms with van der Waals surface area (Å²) in [5.41, 5.74) is 5.29.